The van der Waals surface area contributed by atoms with Crippen LogP contribution in [0.5, 0.6) is 0 Å². The minimum Gasteiger partial charge on any atom is -0.368 e. The Morgan fingerprint density at radius 2 is 2.24 bits per heavy atom. The van der Waals surface area contributed by atoms with Crippen LogP contribution in [0.15, 0.2) is 40.8 Å². The normalized spacial score (nSPS) is 19.9. The molecule has 3 heterocycles. The van der Waals surface area contributed by atoms with Crippen molar-refractivity contribution in [3.05, 3.63) is 10.7 Å². The van der Waals surface area contributed by atoms with Crippen LogP contribution in [0.4, 0.5) is 0 Å². The van der Waals surface area contributed by atoms with Gasteiger partial charge in [0.1, 0.15) is 16.4 Å². The van der Waals surface area contributed by atoms with Crippen LogP contribution in [0, 0.1) is 0 Å². The van der Waals surface area contributed by atoms with Crippen molar-refractivity contribution < 1.29 is 0 Å². The first kappa shape index (κ1) is 14.7. The molecular weight excluding hydrogens is 374 g/mol. The zero-order valence-corrected chi connectivity index (χ0v) is 14.1. The van der Waals surface area contributed by atoms with Crippen LogP contribution in [-0.4, -0.2) is 44.9 Å². The Hall–Kier alpha value is -1.26. The van der Waals surface area contributed by atoms with Crippen molar-refractivity contribution in [2.75, 3.05) is 5.75 Å². The summed E-state index contributed by atoms with van der Waals surface area (Å²) in [5.74, 6) is 1.67. The fourth-order valence-corrected chi connectivity index (χ4v) is 3.59. The van der Waals surface area contributed by atoms with Gasteiger partial charge in [-0.05, 0) is 21.7 Å². The molecule has 0 amide bonds. The summed E-state index contributed by atoms with van der Waals surface area (Å²) in [4.78, 5) is 25.4. The molecule has 21 heavy (non-hydrogen) atoms. The monoisotopic (exact) mass is 383 g/mol. The highest BCUT2D eigenvalue weighted by Gasteiger charge is 2.29. The Balaban J connectivity index is 1.89. The first-order chi connectivity index (χ1) is 10.2. The van der Waals surface area contributed by atoms with Crippen LogP contribution in [0.2, 0.25) is 0 Å². The van der Waals surface area contributed by atoms with Crippen LogP contribution in [0.1, 0.15) is 6.92 Å². The predicted molar refractivity (Wildman–Crippen MR) is 90.8 cm³/mol. The van der Waals surface area contributed by atoms with Gasteiger partial charge in [-0.25, -0.2) is 20.0 Å². The van der Waals surface area contributed by atoms with E-state index in [0.717, 1.165) is 20.4 Å². The molecule has 0 saturated heterocycles. The van der Waals surface area contributed by atoms with Crippen LogP contribution in [0.3, 0.4) is 0 Å². The maximum Gasteiger partial charge on any atom is 0.222 e. The van der Waals surface area contributed by atoms with Gasteiger partial charge < -0.3 is 5.73 Å². The lowest BCUT2D eigenvalue weighted by atomic mass is 10.3. The fraction of sp³-hybridized carbons (Fsp3) is 0.273. The third-order valence-corrected chi connectivity index (χ3v) is 5.12. The maximum absolute atomic E-state index is 5.71. The van der Waals surface area contributed by atoms with Gasteiger partial charge in [0.25, 0.3) is 0 Å². The number of hydrogen-bond acceptors (Lipinski definition) is 9. The maximum atomic E-state index is 5.71. The third kappa shape index (κ3) is 3.16. The molecule has 1 unspecified atom stereocenters. The molecule has 108 valence electrons. The van der Waals surface area contributed by atoms with Gasteiger partial charge in [0, 0.05) is 6.20 Å². The lowest BCUT2D eigenvalue weighted by Crippen LogP contribution is -2.31. The molecule has 1 aromatic rings. The minimum atomic E-state index is -0.286. The molecule has 10 heteroatoms. The molecule has 3 rings (SSSR count). The van der Waals surface area contributed by atoms with E-state index >= 15 is 0 Å². The van der Waals surface area contributed by atoms with Crippen molar-refractivity contribution in [2.45, 2.75) is 23.1 Å². The first-order valence-electron chi connectivity index (χ1n) is 6.02. The Labute approximate surface area is 137 Å². The molecule has 2 N–H and O–H groups in total. The van der Waals surface area contributed by atoms with Gasteiger partial charge in [-0.2, -0.15) is 4.99 Å². The molecular formula is C11H10BrN7S2. The van der Waals surface area contributed by atoms with E-state index in [1.807, 2.05) is 0 Å². The molecule has 2 aliphatic rings. The lowest BCUT2D eigenvalue weighted by Gasteiger charge is -2.15. The zero-order valence-electron chi connectivity index (χ0n) is 10.9. The van der Waals surface area contributed by atoms with Crippen LogP contribution >= 0.6 is 39.5 Å². The van der Waals surface area contributed by atoms with Gasteiger partial charge in [0.2, 0.25) is 5.96 Å². The molecule has 0 saturated carbocycles. The molecule has 2 aliphatic heterocycles. The summed E-state index contributed by atoms with van der Waals surface area (Å²) in [6, 6.07) is -0.286. The summed E-state index contributed by atoms with van der Waals surface area (Å²) in [5.41, 5.74) is 5.71. The van der Waals surface area contributed by atoms with Crippen molar-refractivity contribution in [2.24, 2.45) is 25.7 Å². The highest BCUT2D eigenvalue weighted by atomic mass is 79.9. The summed E-state index contributed by atoms with van der Waals surface area (Å²) in [6.07, 6.45) is 3.21. The van der Waals surface area contributed by atoms with Crippen LogP contribution in [0.25, 0.3) is 0 Å². The molecule has 0 spiro atoms. The second kappa shape index (κ2) is 6.24. The number of rotatable bonds is 3. The third-order valence-electron chi connectivity index (χ3n) is 2.50. The van der Waals surface area contributed by atoms with Crippen molar-refractivity contribution in [3.63, 3.8) is 0 Å². The quantitative estimate of drug-likeness (QED) is 0.488. The highest BCUT2D eigenvalue weighted by Crippen LogP contribution is 2.31. The van der Waals surface area contributed by atoms with E-state index in [2.05, 4.69) is 52.8 Å². The van der Waals surface area contributed by atoms with E-state index < -0.39 is 0 Å². The highest BCUT2D eigenvalue weighted by molar-refractivity contribution is 9.10. The van der Waals surface area contributed by atoms with E-state index in [1.54, 1.807) is 18.0 Å². The molecule has 0 aliphatic carbocycles. The average molecular weight is 384 g/mol. The second-order valence-corrected chi connectivity index (χ2v) is 7.01. The molecule has 0 bridgehead atoms. The minimum absolute atomic E-state index is 0.186. The number of amidine groups is 1. The standard InChI is InChI=1S/C11H10BrN7S2/c1-2-20-11-14-3-5(12)8(19-11)21-9-6-7(16-4-15-6)17-10(13)18-9/h3-4,6H,2H2,1H3,(H2,13,15,16,17). The smallest absolute Gasteiger partial charge is 0.222 e. The summed E-state index contributed by atoms with van der Waals surface area (Å²) in [7, 11) is 0. The molecule has 1 atom stereocenters. The fourth-order valence-electron chi connectivity index (χ4n) is 1.66. The Morgan fingerprint density at radius 1 is 1.38 bits per heavy atom. The molecule has 7 nitrogen and oxygen atoms in total. The van der Waals surface area contributed by atoms with E-state index in [9.17, 15) is 0 Å². The first-order valence-corrected chi connectivity index (χ1v) is 8.62. The number of nitrogens with two attached hydrogens (primary N) is 1. The van der Waals surface area contributed by atoms with Gasteiger partial charge >= 0.3 is 0 Å². The summed E-state index contributed by atoms with van der Waals surface area (Å²) < 4.78 is 0.803. The summed E-state index contributed by atoms with van der Waals surface area (Å²) in [6.45, 7) is 2.06. The van der Waals surface area contributed by atoms with Crippen LogP contribution in [-0.2, 0) is 0 Å². The van der Waals surface area contributed by atoms with Crippen molar-refractivity contribution in [1.82, 2.24) is 9.97 Å². The van der Waals surface area contributed by atoms with E-state index in [0.29, 0.717) is 10.9 Å². The van der Waals surface area contributed by atoms with Gasteiger partial charge in [0.05, 0.1) is 4.47 Å². The van der Waals surface area contributed by atoms with E-state index in [4.69, 9.17) is 5.73 Å². The number of nitrogens with zero attached hydrogens (tertiary/aromatic N) is 6. The Kier molecular flexibility index (Phi) is 4.36. The van der Waals surface area contributed by atoms with Gasteiger partial charge in [-0.15, -0.1) is 0 Å². The van der Waals surface area contributed by atoms with Crippen molar-refractivity contribution in [3.8, 4) is 0 Å². The number of aliphatic imine (C=N–C) groups is 4. The van der Waals surface area contributed by atoms with Gasteiger partial charge in [-0.3, -0.25) is 4.99 Å². The largest absolute Gasteiger partial charge is 0.368 e. The lowest BCUT2D eigenvalue weighted by molar-refractivity contribution is 0.880. The van der Waals surface area contributed by atoms with Gasteiger partial charge in [0.15, 0.2) is 17.0 Å². The number of fused-ring (bicyclic) bond motifs is 1. The number of halogens is 1. The summed E-state index contributed by atoms with van der Waals surface area (Å²) >= 11 is 6.43. The topological polar surface area (TPSA) is 101 Å². The summed E-state index contributed by atoms with van der Waals surface area (Å²) in [5, 5.41) is 2.21. The SMILES string of the molecule is CCSc1ncc(Br)c(SC2=NC(N)=NC3=NC=NC32)n1. The second-order valence-electron chi connectivity index (χ2n) is 3.92. The number of thioether (sulfide) groups is 2. The van der Waals surface area contributed by atoms with E-state index in [1.165, 1.54) is 18.1 Å². The molecule has 0 fully saturated rings. The zero-order chi connectivity index (χ0) is 14.8. The number of aromatic nitrogens is 2. The van der Waals surface area contributed by atoms with Crippen molar-refractivity contribution in [1.29, 1.82) is 0 Å². The molecule has 1 aromatic heterocycles. The number of guanidine groups is 1. The number of hydrogen-bond donors (Lipinski definition) is 1. The van der Waals surface area contributed by atoms with Crippen LogP contribution < -0.4 is 5.73 Å². The average Bonchev–Trinajstić information content (AvgIpc) is 2.91. The van der Waals surface area contributed by atoms with E-state index in [-0.39, 0.29) is 12.0 Å². The van der Waals surface area contributed by atoms with Gasteiger partial charge in [-0.1, -0.05) is 30.4 Å². The molecule has 0 radical (unpaired) electrons. The van der Waals surface area contributed by atoms with Crippen molar-refractivity contribution >= 4 is 62.6 Å². The molecule has 0 aromatic carbocycles. The Bertz CT molecular complexity index is 698. The predicted octanol–water partition coefficient (Wildman–Crippen LogP) is 1.98. The Morgan fingerprint density at radius 3 is 3.05 bits per heavy atom.